The number of benzene rings is 1. The molecule has 1 aliphatic rings. The molecule has 1 heterocycles. The lowest BCUT2D eigenvalue weighted by atomic mass is 9.86. The molecule has 2 rings (SSSR count). The summed E-state index contributed by atoms with van der Waals surface area (Å²) in [6.45, 7) is 7.76. The molecule has 2 amide bonds. The van der Waals surface area contributed by atoms with Gasteiger partial charge < -0.3 is 15.4 Å². The van der Waals surface area contributed by atoms with E-state index in [2.05, 4.69) is 20.8 Å². The number of primary amides is 1. The highest BCUT2D eigenvalue weighted by Gasteiger charge is 2.25. The fraction of sp³-hybridized carbons (Fsp3) is 0.579. The number of likely N-dealkylation sites (tertiary alicyclic amines) is 1. The van der Waals surface area contributed by atoms with Crippen molar-refractivity contribution >= 4 is 11.8 Å². The van der Waals surface area contributed by atoms with Gasteiger partial charge in [0.1, 0.15) is 5.75 Å². The molecular formula is C19H28N2O3. The number of amides is 2. The molecule has 1 saturated heterocycles. The molecule has 5 nitrogen and oxygen atoms in total. The molecule has 1 aromatic rings. The summed E-state index contributed by atoms with van der Waals surface area (Å²) in [7, 11) is 0. The van der Waals surface area contributed by atoms with Crippen molar-refractivity contribution in [2.75, 3.05) is 19.7 Å². The minimum Gasteiger partial charge on any atom is -0.483 e. The highest BCUT2D eigenvalue weighted by atomic mass is 16.5. The molecular weight excluding hydrogens is 304 g/mol. The van der Waals surface area contributed by atoms with Gasteiger partial charge in [-0.3, -0.25) is 9.59 Å². The summed E-state index contributed by atoms with van der Waals surface area (Å²) in [4.78, 5) is 25.2. The number of hydrogen-bond acceptors (Lipinski definition) is 3. The van der Waals surface area contributed by atoms with Crippen LogP contribution in [-0.4, -0.2) is 36.4 Å². The lowest BCUT2D eigenvalue weighted by Crippen LogP contribution is -2.41. The van der Waals surface area contributed by atoms with E-state index in [1.54, 1.807) is 0 Å². The van der Waals surface area contributed by atoms with E-state index in [0.717, 1.165) is 24.2 Å². The Kier molecular flexibility index (Phi) is 5.86. The molecule has 0 saturated carbocycles. The third-order valence-corrected chi connectivity index (χ3v) is 4.50. The normalized spacial score (nSPS) is 16.0. The summed E-state index contributed by atoms with van der Waals surface area (Å²) in [5.41, 5.74) is 6.30. The van der Waals surface area contributed by atoms with Gasteiger partial charge in [0.25, 0.3) is 5.91 Å². The van der Waals surface area contributed by atoms with Gasteiger partial charge in [0.2, 0.25) is 5.91 Å². The van der Waals surface area contributed by atoms with E-state index in [-0.39, 0.29) is 23.8 Å². The summed E-state index contributed by atoms with van der Waals surface area (Å²) in [6, 6.07) is 7.85. The van der Waals surface area contributed by atoms with E-state index < -0.39 is 0 Å². The van der Waals surface area contributed by atoms with Gasteiger partial charge in [-0.05, 0) is 35.8 Å². The van der Waals surface area contributed by atoms with Crippen LogP contribution in [0.25, 0.3) is 0 Å². The summed E-state index contributed by atoms with van der Waals surface area (Å²) in [5, 5.41) is 0. The van der Waals surface area contributed by atoms with E-state index in [1.165, 1.54) is 0 Å². The number of hydrogen-bond donors (Lipinski definition) is 1. The van der Waals surface area contributed by atoms with Gasteiger partial charge in [0.15, 0.2) is 6.61 Å². The van der Waals surface area contributed by atoms with Crippen molar-refractivity contribution in [2.45, 2.75) is 45.4 Å². The van der Waals surface area contributed by atoms with Crippen molar-refractivity contribution in [3.05, 3.63) is 29.8 Å². The second kappa shape index (κ2) is 7.69. The number of carbonyl (C=O) groups is 2. The van der Waals surface area contributed by atoms with Crippen molar-refractivity contribution in [1.82, 2.24) is 4.90 Å². The van der Waals surface area contributed by atoms with Crippen molar-refractivity contribution in [3.8, 4) is 5.75 Å². The summed E-state index contributed by atoms with van der Waals surface area (Å²) in [5.74, 6) is 0.800. The predicted molar refractivity (Wildman–Crippen MR) is 93.8 cm³/mol. The molecule has 0 aromatic heterocycles. The van der Waals surface area contributed by atoms with E-state index in [9.17, 15) is 9.59 Å². The fourth-order valence-corrected chi connectivity index (χ4v) is 3.11. The predicted octanol–water partition coefficient (Wildman–Crippen LogP) is 2.48. The maximum atomic E-state index is 12.4. The van der Waals surface area contributed by atoms with Crippen LogP contribution in [0.3, 0.4) is 0 Å². The molecule has 0 unspecified atom stereocenters. The topological polar surface area (TPSA) is 72.6 Å². The molecule has 0 spiro atoms. The number of piperidine rings is 1. The van der Waals surface area contributed by atoms with Crippen molar-refractivity contribution in [1.29, 1.82) is 0 Å². The number of carbonyl (C=O) groups excluding carboxylic acids is 2. The van der Waals surface area contributed by atoms with Crippen LogP contribution >= 0.6 is 0 Å². The Bertz CT molecular complexity index is 585. The largest absolute Gasteiger partial charge is 0.483 e. The molecule has 0 bridgehead atoms. The molecule has 0 radical (unpaired) electrons. The Labute approximate surface area is 144 Å². The van der Waals surface area contributed by atoms with Crippen LogP contribution < -0.4 is 10.5 Å². The van der Waals surface area contributed by atoms with Gasteiger partial charge in [0.05, 0.1) is 0 Å². The molecule has 24 heavy (non-hydrogen) atoms. The number of para-hydroxylation sites is 1. The maximum absolute atomic E-state index is 12.4. The van der Waals surface area contributed by atoms with Gasteiger partial charge in [0, 0.05) is 19.5 Å². The van der Waals surface area contributed by atoms with Crippen LogP contribution in [0.2, 0.25) is 0 Å². The van der Waals surface area contributed by atoms with Crippen LogP contribution in [0.15, 0.2) is 24.3 Å². The molecule has 1 aliphatic heterocycles. The smallest absolute Gasteiger partial charge is 0.260 e. The summed E-state index contributed by atoms with van der Waals surface area (Å²) >= 11 is 0. The summed E-state index contributed by atoms with van der Waals surface area (Å²) < 4.78 is 5.80. The lowest BCUT2D eigenvalue weighted by Gasteiger charge is -2.31. The zero-order chi connectivity index (χ0) is 17.7. The van der Waals surface area contributed by atoms with Crippen LogP contribution in [0, 0.1) is 5.92 Å². The monoisotopic (exact) mass is 332 g/mol. The van der Waals surface area contributed by atoms with Crippen molar-refractivity contribution < 1.29 is 14.3 Å². The first-order valence-electron chi connectivity index (χ1n) is 8.55. The SMILES string of the molecule is CC(C)(C)c1ccccc1OCC(=O)N1CCC(CC(N)=O)CC1. The molecule has 5 heteroatoms. The summed E-state index contributed by atoms with van der Waals surface area (Å²) in [6.07, 6.45) is 2.07. The molecule has 1 fully saturated rings. The molecule has 132 valence electrons. The van der Waals surface area contributed by atoms with E-state index >= 15 is 0 Å². The number of nitrogens with two attached hydrogens (primary N) is 1. The Balaban J connectivity index is 1.88. The number of nitrogens with zero attached hydrogens (tertiary/aromatic N) is 1. The number of rotatable bonds is 5. The van der Waals surface area contributed by atoms with Crippen molar-refractivity contribution in [3.63, 3.8) is 0 Å². The minimum absolute atomic E-state index is 0.00348. The molecule has 0 atom stereocenters. The van der Waals surface area contributed by atoms with E-state index in [4.69, 9.17) is 10.5 Å². The Morgan fingerprint density at radius 3 is 2.42 bits per heavy atom. The quantitative estimate of drug-likeness (QED) is 0.900. The van der Waals surface area contributed by atoms with Crippen molar-refractivity contribution in [2.24, 2.45) is 11.7 Å². The van der Waals surface area contributed by atoms with Crippen LogP contribution in [0.4, 0.5) is 0 Å². The standard InChI is InChI=1S/C19H28N2O3/c1-19(2,3)15-6-4-5-7-16(15)24-13-18(23)21-10-8-14(9-11-21)12-17(20)22/h4-7,14H,8-13H2,1-3H3,(H2,20,22). The lowest BCUT2D eigenvalue weighted by molar-refractivity contribution is -0.134. The third-order valence-electron chi connectivity index (χ3n) is 4.50. The maximum Gasteiger partial charge on any atom is 0.260 e. The average molecular weight is 332 g/mol. The Morgan fingerprint density at radius 2 is 1.83 bits per heavy atom. The van der Waals surface area contributed by atoms with Gasteiger partial charge in [-0.15, -0.1) is 0 Å². The van der Waals surface area contributed by atoms with E-state index in [1.807, 2.05) is 29.2 Å². The number of ether oxygens (including phenoxy) is 1. The van der Waals surface area contributed by atoms with Gasteiger partial charge >= 0.3 is 0 Å². The second-order valence-electron chi connectivity index (χ2n) is 7.53. The zero-order valence-corrected chi connectivity index (χ0v) is 14.9. The van der Waals surface area contributed by atoms with Gasteiger partial charge in [-0.1, -0.05) is 39.0 Å². The van der Waals surface area contributed by atoms with Crippen LogP contribution in [0.5, 0.6) is 5.75 Å². The van der Waals surface area contributed by atoms with Crippen LogP contribution in [-0.2, 0) is 15.0 Å². The first-order chi connectivity index (χ1) is 11.3. The first kappa shape index (κ1) is 18.3. The molecule has 0 aliphatic carbocycles. The zero-order valence-electron chi connectivity index (χ0n) is 14.9. The highest BCUT2D eigenvalue weighted by Crippen LogP contribution is 2.31. The molecule has 1 aromatic carbocycles. The van der Waals surface area contributed by atoms with E-state index in [0.29, 0.717) is 25.4 Å². The third kappa shape index (κ3) is 4.98. The minimum atomic E-state index is -0.262. The van der Waals surface area contributed by atoms with Gasteiger partial charge in [-0.25, -0.2) is 0 Å². The van der Waals surface area contributed by atoms with Crippen LogP contribution in [0.1, 0.15) is 45.6 Å². The average Bonchev–Trinajstić information content (AvgIpc) is 2.52. The highest BCUT2D eigenvalue weighted by molar-refractivity contribution is 5.78. The Morgan fingerprint density at radius 1 is 1.21 bits per heavy atom. The second-order valence-corrected chi connectivity index (χ2v) is 7.53. The first-order valence-corrected chi connectivity index (χ1v) is 8.55. The fourth-order valence-electron chi connectivity index (χ4n) is 3.11. The Hall–Kier alpha value is -2.04. The molecule has 2 N–H and O–H groups in total. The van der Waals surface area contributed by atoms with Gasteiger partial charge in [-0.2, -0.15) is 0 Å².